The van der Waals surface area contributed by atoms with Crippen LogP contribution in [0.25, 0.3) is 0 Å². The number of amidine groups is 1. The molecule has 21 heavy (non-hydrogen) atoms. The first-order valence-electron chi connectivity index (χ1n) is 6.25. The van der Waals surface area contributed by atoms with E-state index >= 15 is 0 Å². The molecule has 110 valence electrons. The van der Waals surface area contributed by atoms with Crippen LogP contribution in [0.1, 0.15) is 27.9 Å². The summed E-state index contributed by atoms with van der Waals surface area (Å²) in [5.74, 6) is -0.131. The third-order valence-electron chi connectivity index (χ3n) is 3.05. The predicted octanol–water partition coefficient (Wildman–Crippen LogP) is 1.47. The van der Waals surface area contributed by atoms with E-state index in [0.717, 1.165) is 11.5 Å². The van der Waals surface area contributed by atoms with Crippen molar-refractivity contribution in [3.63, 3.8) is 0 Å². The van der Waals surface area contributed by atoms with Crippen LogP contribution in [-0.2, 0) is 6.42 Å². The molecule has 0 fully saturated rings. The quantitative estimate of drug-likeness (QED) is 0.385. The number of amides is 1. The molecule has 0 aliphatic rings. The maximum atomic E-state index is 12.4. The Morgan fingerprint density at radius 1 is 1.43 bits per heavy atom. The lowest BCUT2D eigenvalue weighted by molar-refractivity contribution is 0.0996. The van der Waals surface area contributed by atoms with E-state index in [4.69, 9.17) is 10.9 Å². The Labute approximate surface area is 125 Å². The number of hydrogen-bond donors (Lipinski definition) is 2. The van der Waals surface area contributed by atoms with Crippen molar-refractivity contribution in [1.29, 1.82) is 0 Å². The van der Waals surface area contributed by atoms with Gasteiger partial charge in [-0.15, -0.1) is 5.10 Å². The molecule has 0 atom stereocenters. The van der Waals surface area contributed by atoms with E-state index in [0.29, 0.717) is 28.2 Å². The van der Waals surface area contributed by atoms with Gasteiger partial charge < -0.3 is 15.8 Å². The average Bonchev–Trinajstić information content (AvgIpc) is 3.01. The molecule has 1 aromatic carbocycles. The minimum absolute atomic E-state index is 0.0236. The molecule has 0 radical (unpaired) electrons. The minimum atomic E-state index is -0.154. The van der Waals surface area contributed by atoms with Gasteiger partial charge in [0.05, 0.1) is 5.69 Å². The van der Waals surface area contributed by atoms with Gasteiger partial charge in [0.2, 0.25) is 0 Å². The third-order valence-corrected chi connectivity index (χ3v) is 3.80. The second kappa shape index (κ2) is 6.31. The standard InChI is InChI=1S/C13H15N5O2S/c1-3-10-11(21-17-15-10)13(19)18(2)9-6-4-8(5-7-9)12(14)16-20/h4-7,20H,3H2,1-2H3,(H2,14,16). The van der Waals surface area contributed by atoms with Crippen LogP contribution < -0.4 is 10.6 Å². The Bertz CT molecular complexity index is 665. The number of anilines is 1. The fourth-order valence-electron chi connectivity index (χ4n) is 1.79. The van der Waals surface area contributed by atoms with Crippen LogP contribution in [0.4, 0.5) is 5.69 Å². The summed E-state index contributed by atoms with van der Waals surface area (Å²) in [4.78, 5) is 14.5. The number of hydrogen-bond acceptors (Lipinski definition) is 6. The summed E-state index contributed by atoms with van der Waals surface area (Å²) in [6.45, 7) is 1.93. The highest BCUT2D eigenvalue weighted by Gasteiger charge is 2.20. The molecule has 0 saturated carbocycles. The van der Waals surface area contributed by atoms with Crippen LogP contribution >= 0.6 is 11.5 Å². The van der Waals surface area contributed by atoms with Crippen molar-refractivity contribution < 1.29 is 10.0 Å². The molecule has 0 spiro atoms. The van der Waals surface area contributed by atoms with Crippen molar-refractivity contribution in [2.75, 3.05) is 11.9 Å². The molecule has 0 unspecified atom stereocenters. The first kappa shape index (κ1) is 14.9. The lowest BCUT2D eigenvalue weighted by atomic mass is 10.2. The molecule has 7 nitrogen and oxygen atoms in total. The fraction of sp³-hybridized carbons (Fsp3) is 0.231. The first-order valence-corrected chi connectivity index (χ1v) is 7.03. The number of rotatable bonds is 4. The smallest absolute Gasteiger partial charge is 0.271 e. The molecule has 1 heterocycles. The van der Waals surface area contributed by atoms with Crippen LogP contribution in [0.3, 0.4) is 0 Å². The molecule has 1 aromatic heterocycles. The molecule has 0 saturated heterocycles. The maximum Gasteiger partial charge on any atom is 0.271 e. The predicted molar refractivity (Wildman–Crippen MR) is 81.0 cm³/mol. The highest BCUT2D eigenvalue weighted by atomic mass is 32.1. The van der Waals surface area contributed by atoms with Gasteiger partial charge >= 0.3 is 0 Å². The summed E-state index contributed by atoms with van der Waals surface area (Å²) in [7, 11) is 1.68. The van der Waals surface area contributed by atoms with Gasteiger partial charge in [0.15, 0.2) is 5.84 Å². The summed E-state index contributed by atoms with van der Waals surface area (Å²) in [5.41, 5.74) is 7.48. The number of aromatic nitrogens is 2. The zero-order chi connectivity index (χ0) is 15.4. The van der Waals surface area contributed by atoms with Crippen molar-refractivity contribution >= 4 is 29.0 Å². The third kappa shape index (κ3) is 3.00. The number of oxime groups is 1. The topological polar surface area (TPSA) is 105 Å². The van der Waals surface area contributed by atoms with Crippen LogP contribution in [0, 0.1) is 0 Å². The molecule has 8 heteroatoms. The number of nitrogens with zero attached hydrogens (tertiary/aromatic N) is 4. The number of aryl methyl sites for hydroxylation is 1. The second-order valence-corrected chi connectivity index (χ2v) is 5.05. The second-order valence-electron chi connectivity index (χ2n) is 4.30. The van der Waals surface area contributed by atoms with E-state index in [1.165, 1.54) is 4.90 Å². The molecular formula is C13H15N5O2S. The van der Waals surface area contributed by atoms with E-state index in [9.17, 15) is 4.79 Å². The van der Waals surface area contributed by atoms with Crippen molar-refractivity contribution in [2.24, 2.45) is 10.9 Å². The van der Waals surface area contributed by atoms with Crippen LogP contribution in [0.15, 0.2) is 29.4 Å². The van der Waals surface area contributed by atoms with Crippen molar-refractivity contribution in [3.8, 4) is 0 Å². The van der Waals surface area contributed by atoms with Gasteiger partial charge in [0.25, 0.3) is 5.91 Å². The maximum absolute atomic E-state index is 12.4. The van der Waals surface area contributed by atoms with E-state index in [1.54, 1.807) is 31.3 Å². The Hall–Kier alpha value is -2.48. The highest BCUT2D eigenvalue weighted by molar-refractivity contribution is 7.08. The molecule has 0 aliphatic carbocycles. The highest BCUT2D eigenvalue weighted by Crippen LogP contribution is 2.20. The average molecular weight is 305 g/mol. The van der Waals surface area contributed by atoms with Gasteiger partial charge in [0, 0.05) is 18.3 Å². The van der Waals surface area contributed by atoms with Crippen molar-refractivity contribution in [2.45, 2.75) is 13.3 Å². The van der Waals surface area contributed by atoms with Gasteiger partial charge in [-0.2, -0.15) is 0 Å². The molecule has 3 N–H and O–H groups in total. The van der Waals surface area contributed by atoms with Gasteiger partial charge in [-0.25, -0.2) is 0 Å². The van der Waals surface area contributed by atoms with Crippen LogP contribution in [0.5, 0.6) is 0 Å². The SMILES string of the molecule is CCc1nnsc1C(=O)N(C)c1ccc(C(N)=NO)cc1. The van der Waals surface area contributed by atoms with Gasteiger partial charge in [0.1, 0.15) is 4.88 Å². The first-order chi connectivity index (χ1) is 10.1. The van der Waals surface area contributed by atoms with E-state index in [2.05, 4.69) is 14.7 Å². The van der Waals surface area contributed by atoms with Crippen molar-refractivity contribution in [3.05, 3.63) is 40.4 Å². The fourth-order valence-corrected chi connectivity index (χ4v) is 2.51. The normalized spacial score (nSPS) is 11.4. The Morgan fingerprint density at radius 2 is 2.10 bits per heavy atom. The van der Waals surface area contributed by atoms with Crippen LogP contribution in [-0.4, -0.2) is 33.6 Å². The van der Waals surface area contributed by atoms with Gasteiger partial charge in [-0.3, -0.25) is 4.79 Å². The zero-order valence-electron chi connectivity index (χ0n) is 11.6. The molecule has 2 rings (SSSR count). The molecule has 2 aromatic rings. The molecule has 0 aliphatic heterocycles. The van der Waals surface area contributed by atoms with Gasteiger partial charge in [-0.1, -0.05) is 16.6 Å². The Kier molecular flexibility index (Phi) is 4.49. The summed E-state index contributed by atoms with van der Waals surface area (Å²) in [5, 5.41) is 15.5. The summed E-state index contributed by atoms with van der Waals surface area (Å²) in [6.07, 6.45) is 0.661. The minimum Gasteiger partial charge on any atom is -0.409 e. The molecule has 0 bridgehead atoms. The van der Waals surface area contributed by atoms with Crippen LogP contribution in [0.2, 0.25) is 0 Å². The summed E-state index contributed by atoms with van der Waals surface area (Å²) < 4.78 is 3.82. The zero-order valence-corrected chi connectivity index (χ0v) is 12.5. The Balaban J connectivity index is 2.24. The Morgan fingerprint density at radius 3 is 2.67 bits per heavy atom. The van der Waals surface area contributed by atoms with E-state index < -0.39 is 0 Å². The lowest BCUT2D eigenvalue weighted by Crippen LogP contribution is -2.26. The van der Waals surface area contributed by atoms with Crippen molar-refractivity contribution in [1.82, 2.24) is 9.59 Å². The largest absolute Gasteiger partial charge is 0.409 e. The summed E-state index contributed by atoms with van der Waals surface area (Å²) >= 11 is 1.09. The monoisotopic (exact) mass is 305 g/mol. The number of benzene rings is 1. The number of carbonyl (C=O) groups is 1. The summed E-state index contributed by atoms with van der Waals surface area (Å²) in [6, 6.07) is 6.82. The van der Waals surface area contributed by atoms with E-state index in [-0.39, 0.29) is 11.7 Å². The molecular weight excluding hydrogens is 290 g/mol. The van der Waals surface area contributed by atoms with Gasteiger partial charge in [-0.05, 0) is 42.2 Å². The number of nitrogens with two attached hydrogens (primary N) is 1. The lowest BCUT2D eigenvalue weighted by Gasteiger charge is -2.16. The van der Waals surface area contributed by atoms with E-state index in [1.807, 2.05) is 6.92 Å². The number of carbonyl (C=O) groups excluding carboxylic acids is 1. The molecule has 1 amide bonds.